The third kappa shape index (κ3) is 3.39. The molecule has 0 bridgehead atoms. The summed E-state index contributed by atoms with van der Waals surface area (Å²) in [5, 5.41) is 0. The molecule has 0 amide bonds. The molecule has 0 atom stereocenters. The first-order chi connectivity index (χ1) is 14.1. The largest absolute Gasteiger partial charge is 0.0801 e. The highest BCUT2D eigenvalue weighted by Crippen LogP contribution is 2.49. The van der Waals surface area contributed by atoms with Crippen LogP contribution >= 0.6 is 0 Å². The maximum absolute atomic E-state index is 2.55. The first-order valence-corrected chi connectivity index (χ1v) is 11.8. The molecule has 2 aliphatic rings. The van der Waals surface area contributed by atoms with Gasteiger partial charge in [-0.25, -0.2) is 0 Å². The smallest absolute Gasteiger partial charge is 0.00130 e. The van der Waals surface area contributed by atoms with Gasteiger partial charge in [0.05, 0.1) is 0 Å². The van der Waals surface area contributed by atoms with E-state index in [1.807, 2.05) is 0 Å². The van der Waals surface area contributed by atoms with Crippen LogP contribution in [0.4, 0.5) is 0 Å². The maximum Gasteiger partial charge on any atom is -0.00130 e. The van der Waals surface area contributed by atoms with Crippen molar-refractivity contribution in [2.24, 2.45) is 0 Å². The number of rotatable bonds is 3. The van der Waals surface area contributed by atoms with Crippen LogP contribution in [-0.4, -0.2) is 0 Å². The molecule has 0 saturated heterocycles. The lowest BCUT2D eigenvalue weighted by Crippen LogP contribution is -2.17. The normalized spacial score (nSPS) is 15.4. The maximum atomic E-state index is 2.55. The number of hydrogen-bond donors (Lipinski definition) is 0. The Bertz CT molecular complexity index is 1060. The van der Waals surface area contributed by atoms with E-state index in [2.05, 4.69) is 91.8 Å². The highest BCUT2D eigenvalue weighted by atomic mass is 14.4. The van der Waals surface area contributed by atoms with Gasteiger partial charge in [0.15, 0.2) is 0 Å². The fourth-order valence-corrected chi connectivity index (χ4v) is 5.34. The van der Waals surface area contributed by atoms with Crippen LogP contribution in [-0.2, 0) is 30.1 Å². The summed E-state index contributed by atoms with van der Waals surface area (Å²) in [6.45, 7) is 18.8. The molecule has 0 heteroatoms. The van der Waals surface area contributed by atoms with E-state index < -0.39 is 0 Å². The monoisotopic (exact) mass is 398 g/mol. The van der Waals surface area contributed by atoms with Gasteiger partial charge in [0.1, 0.15) is 0 Å². The summed E-state index contributed by atoms with van der Waals surface area (Å²) in [6.07, 6.45) is 11.2. The highest BCUT2D eigenvalue weighted by Gasteiger charge is 2.32. The van der Waals surface area contributed by atoms with Crippen LogP contribution < -0.4 is 0 Å². The highest BCUT2D eigenvalue weighted by molar-refractivity contribution is 5.89. The summed E-state index contributed by atoms with van der Waals surface area (Å²) in [5.41, 5.74) is 15.6. The predicted octanol–water partition coefficient (Wildman–Crippen LogP) is 8.32. The van der Waals surface area contributed by atoms with Gasteiger partial charge in [-0.3, -0.25) is 0 Å². The number of hydrogen-bond acceptors (Lipinski definition) is 0. The third-order valence-electron chi connectivity index (χ3n) is 6.95. The fraction of sp³-hybridized carbons (Fsp3) is 0.467. The first kappa shape index (κ1) is 21.2. The van der Waals surface area contributed by atoms with E-state index in [1.165, 1.54) is 27.8 Å². The van der Waals surface area contributed by atoms with E-state index in [0.29, 0.717) is 0 Å². The van der Waals surface area contributed by atoms with Crippen LogP contribution in [0.5, 0.6) is 0 Å². The second kappa shape index (κ2) is 7.26. The van der Waals surface area contributed by atoms with Gasteiger partial charge in [-0.2, -0.15) is 0 Å². The zero-order chi connectivity index (χ0) is 21.8. The lowest BCUT2D eigenvalue weighted by Gasteiger charge is -2.28. The van der Waals surface area contributed by atoms with Gasteiger partial charge in [-0.15, -0.1) is 0 Å². The first-order valence-electron chi connectivity index (χ1n) is 11.8. The Labute approximate surface area is 184 Å². The Morgan fingerprint density at radius 1 is 0.767 bits per heavy atom. The Morgan fingerprint density at radius 2 is 1.47 bits per heavy atom. The molecule has 2 aliphatic carbocycles. The van der Waals surface area contributed by atoms with Crippen LogP contribution in [0.1, 0.15) is 101 Å². The van der Waals surface area contributed by atoms with E-state index in [-0.39, 0.29) is 10.8 Å². The van der Waals surface area contributed by atoms with Crippen molar-refractivity contribution in [1.82, 2.24) is 0 Å². The molecule has 0 aromatic heterocycles. The van der Waals surface area contributed by atoms with Gasteiger partial charge in [0.25, 0.3) is 0 Å². The Balaban J connectivity index is 2.05. The number of benzene rings is 2. The molecule has 0 aliphatic heterocycles. The van der Waals surface area contributed by atoms with Gasteiger partial charge >= 0.3 is 0 Å². The number of aryl methyl sites for hydroxylation is 1. The van der Waals surface area contributed by atoms with E-state index in [4.69, 9.17) is 0 Å². The second-order valence-electron chi connectivity index (χ2n) is 11.2. The lowest BCUT2D eigenvalue weighted by molar-refractivity contribution is 0.587. The molecule has 0 unspecified atom stereocenters. The van der Waals surface area contributed by atoms with Gasteiger partial charge in [0.2, 0.25) is 0 Å². The minimum atomic E-state index is 0.136. The van der Waals surface area contributed by atoms with Crippen molar-refractivity contribution < 1.29 is 0 Å². The van der Waals surface area contributed by atoms with Gasteiger partial charge in [-0.05, 0) is 92.2 Å². The number of fused-ring (bicyclic) bond motifs is 3. The quantitative estimate of drug-likeness (QED) is 0.416. The molecule has 0 spiro atoms. The molecule has 0 radical (unpaired) electrons. The van der Waals surface area contributed by atoms with Crippen molar-refractivity contribution in [2.75, 3.05) is 0 Å². The average molecular weight is 399 g/mol. The Hall–Kier alpha value is -2.08. The van der Waals surface area contributed by atoms with Crippen LogP contribution in [0.25, 0.3) is 16.7 Å². The van der Waals surface area contributed by atoms with Crippen molar-refractivity contribution in [2.45, 2.75) is 91.9 Å². The van der Waals surface area contributed by atoms with Crippen molar-refractivity contribution in [3.63, 3.8) is 0 Å². The summed E-state index contributed by atoms with van der Waals surface area (Å²) in [7, 11) is 0. The molecule has 0 fully saturated rings. The summed E-state index contributed by atoms with van der Waals surface area (Å²) in [5.74, 6) is 0. The topological polar surface area (TPSA) is 0 Å². The summed E-state index contributed by atoms with van der Waals surface area (Å²) in [6, 6.07) is 7.54. The molecule has 0 saturated carbocycles. The van der Waals surface area contributed by atoms with E-state index >= 15 is 0 Å². The summed E-state index contributed by atoms with van der Waals surface area (Å²) >= 11 is 0. The standard InChI is InChI=1S/C30H38/c1-9-19-16-23(29(3,4)5)17-21-15-22-18-25(30(6,7)8)27(20-13-11-12-14-20)24(10-2)28(22)26(19)21/h11-13,16-18H,9-10,14-15H2,1-8H3. The van der Waals surface area contributed by atoms with Gasteiger partial charge in [0, 0.05) is 0 Å². The summed E-state index contributed by atoms with van der Waals surface area (Å²) in [4.78, 5) is 0. The Kier molecular flexibility index (Phi) is 5.12. The minimum Gasteiger partial charge on any atom is -0.0801 e. The molecule has 2 aromatic rings. The summed E-state index contributed by atoms with van der Waals surface area (Å²) < 4.78 is 0. The van der Waals surface area contributed by atoms with Crippen molar-refractivity contribution in [3.8, 4) is 11.1 Å². The third-order valence-corrected chi connectivity index (χ3v) is 6.95. The number of allylic oxidation sites excluding steroid dienone is 4. The van der Waals surface area contributed by atoms with Crippen LogP contribution in [0.15, 0.2) is 36.4 Å². The van der Waals surface area contributed by atoms with E-state index in [9.17, 15) is 0 Å². The molecule has 2 aromatic carbocycles. The minimum absolute atomic E-state index is 0.136. The second-order valence-corrected chi connectivity index (χ2v) is 11.2. The molecule has 30 heavy (non-hydrogen) atoms. The molecular weight excluding hydrogens is 360 g/mol. The van der Waals surface area contributed by atoms with E-state index in [0.717, 1.165) is 25.7 Å². The fourth-order valence-electron chi connectivity index (χ4n) is 5.34. The van der Waals surface area contributed by atoms with Crippen molar-refractivity contribution in [3.05, 3.63) is 75.4 Å². The predicted molar refractivity (Wildman–Crippen MR) is 133 cm³/mol. The lowest BCUT2D eigenvalue weighted by atomic mass is 9.76. The van der Waals surface area contributed by atoms with Crippen LogP contribution in [0.3, 0.4) is 0 Å². The molecule has 0 nitrogen and oxygen atoms in total. The average Bonchev–Trinajstić information content (AvgIpc) is 3.31. The van der Waals surface area contributed by atoms with Crippen molar-refractivity contribution >= 4 is 5.57 Å². The zero-order valence-electron chi connectivity index (χ0n) is 20.3. The molecular formula is C30H38. The SMILES string of the molecule is CCc1cc(C(C)(C)C)cc2c1-c1c(cc(C(C)(C)C)c(C3=CC=CC3)c1CC)C2. The van der Waals surface area contributed by atoms with Crippen molar-refractivity contribution in [1.29, 1.82) is 0 Å². The molecule has 4 rings (SSSR count). The molecule has 0 N–H and O–H groups in total. The van der Waals surface area contributed by atoms with Crippen LogP contribution in [0, 0.1) is 0 Å². The Morgan fingerprint density at radius 3 is 2.00 bits per heavy atom. The van der Waals surface area contributed by atoms with Gasteiger partial charge in [-0.1, -0.05) is 91.8 Å². The molecule has 158 valence electrons. The van der Waals surface area contributed by atoms with Gasteiger partial charge < -0.3 is 0 Å². The van der Waals surface area contributed by atoms with E-state index in [1.54, 1.807) is 27.8 Å². The molecule has 0 heterocycles. The zero-order valence-corrected chi connectivity index (χ0v) is 20.3. The van der Waals surface area contributed by atoms with Crippen LogP contribution in [0.2, 0.25) is 0 Å².